The molecule has 1 aliphatic rings. The van der Waals surface area contributed by atoms with Crippen LogP contribution >= 0.6 is 0 Å². The number of halogens is 2. The molecule has 0 bridgehead atoms. The summed E-state index contributed by atoms with van der Waals surface area (Å²) in [4.78, 5) is 24.6. The van der Waals surface area contributed by atoms with Crippen molar-refractivity contribution in [3.05, 3.63) is 11.4 Å². The lowest BCUT2D eigenvalue weighted by Crippen LogP contribution is -2.44. The minimum atomic E-state index is -3.09. The molecule has 2 rings (SSSR count). The number of carboxylic acid groups (broad SMARTS) is 1. The monoisotopic (exact) mass is 304 g/mol. The van der Waals surface area contributed by atoms with Crippen molar-refractivity contribution in [2.24, 2.45) is 0 Å². The first-order valence-corrected chi connectivity index (χ1v) is 6.26. The van der Waals surface area contributed by atoms with Gasteiger partial charge in [-0.3, -0.25) is 4.79 Å². The van der Waals surface area contributed by atoms with E-state index in [2.05, 4.69) is 10.3 Å². The number of morpholine rings is 1. The van der Waals surface area contributed by atoms with E-state index >= 15 is 0 Å². The second kappa shape index (κ2) is 6.12. The highest BCUT2D eigenvalue weighted by molar-refractivity contribution is 5.87. The van der Waals surface area contributed by atoms with E-state index < -0.39 is 35.7 Å². The van der Waals surface area contributed by atoms with Crippen LogP contribution in [0.5, 0.6) is 0 Å². The van der Waals surface area contributed by atoms with Gasteiger partial charge in [-0.15, -0.1) is 5.10 Å². The standard InChI is InChI=1S/C11H14F2N4O4/c1-6(10(18)16-2-4-21-5-3-16)17-8(9(12)13)7(11(19)20)14-15-17/h6,9H,2-5H2,1H3,(H,19,20). The van der Waals surface area contributed by atoms with Gasteiger partial charge in [-0.05, 0) is 6.92 Å². The fourth-order valence-corrected chi connectivity index (χ4v) is 2.10. The summed E-state index contributed by atoms with van der Waals surface area (Å²) in [6.45, 7) is 2.83. The minimum Gasteiger partial charge on any atom is -0.476 e. The van der Waals surface area contributed by atoms with Crippen molar-refractivity contribution in [3.63, 3.8) is 0 Å². The van der Waals surface area contributed by atoms with E-state index in [0.717, 1.165) is 0 Å². The van der Waals surface area contributed by atoms with Gasteiger partial charge in [-0.1, -0.05) is 5.21 Å². The molecule has 0 spiro atoms. The zero-order valence-electron chi connectivity index (χ0n) is 11.2. The summed E-state index contributed by atoms with van der Waals surface area (Å²) >= 11 is 0. The van der Waals surface area contributed by atoms with E-state index in [4.69, 9.17) is 9.84 Å². The molecule has 21 heavy (non-hydrogen) atoms. The molecular formula is C11H14F2N4O4. The van der Waals surface area contributed by atoms with Crippen molar-refractivity contribution in [1.82, 2.24) is 19.9 Å². The second-order valence-corrected chi connectivity index (χ2v) is 4.49. The number of nitrogens with zero attached hydrogens (tertiary/aromatic N) is 4. The molecule has 1 aromatic heterocycles. The van der Waals surface area contributed by atoms with Gasteiger partial charge in [0, 0.05) is 13.1 Å². The molecule has 1 aromatic rings. The van der Waals surface area contributed by atoms with E-state index in [-0.39, 0.29) is 0 Å². The van der Waals surface area contributed by atoms with Gasteiger partial charge in [0.25, 0.3) is 6.43 Å². The van der Waals surface area contributed by atoms with E-state index in [1.807, 2.05) is 0 Å². The Balaban J connectivity index is 2.28. The Morgan fingerprint density at radius 3 is 2.48 bits per heavy atom. The lowest BCUT2D eigenvalue weighted by molar-refractivity contribution is -0.138. The Kier molecular flexibility index (Phi) is 4.46. The van der Waals surface area contributed by atoms with E-state index in [9.17, 15) is 18.4 Å². The number of carboxylic acids is 1. The van der Waals surface area contributed by atoms with Crippen LogP contribution in [0.3, 0.4) is 0 Å². The van der Waals surface area contributed by atoms with Crippen molar-refractivity contribution in [1.29, 1.82) is 0 Å². The minimum absolute atomic E-state index is 0.355. The fourth-order valence-electron chi connectivity index (χ4n) is 2.10. The van der Waals surface area contributed by atoms with E-state index in [1.165, 1.54) is 11.8 Å². The first-order valence-electron chi connectivity index (χ1n) is 6.26. The molecule has 0 saturated carbocycles. The number of aromatic carboxylic acids is 1. The molecule has 1 aliphatic heterocycles. The topological polar surface area (TPSA) is 97.5 Å². The third kappa shape index (κ3) is 2.99. The van der Waals surface area contributed by atoms with Gasteiger partial charge < -0.3 is 14.7 Å². The number of alkyl halides is 2. The van der Waals surface area contributed by atoms with Crippen LogP contribution in [-0.2, 0) is 9.53 Å². The van der Waals surface area contributed by atoms with Crippen LogP contribution in [0, 0.1) is 0 Å². The molecule has 1 N–H and O–H groups in total. The normalized spacial score (nSPS) is 17.0. The largest absolute Gasteiger partial charge is 0.476 e. The Labute approximate surface area is 118 Å². The summed E-state index contributed by atoms with van der Waals surface area (Å²) in [5.41, 5.74) is -1.71. The Bertz CT molecular complexity index is 542. The SMILES string of the molecule is CC(C(=O)N1CCOCC1)n1nnc(C(=O)O)c1C(F)F. The summed E-state index contributed by atoms with van der Waals surface area (Å²) in [6.07, 6.45) is -3.09. The average molecular weight is 304 g/mol. The van der Waals surface area contributed by atoms with Crippen molar-refractivity contribution in [3.8, 4) is 0 Å². The van der Waals surface area contributed by atoms with Crippen LogP contribution < -0.4 is 0 Å². The summed E-state index contributed by atoms with van der Waals surface area (Å²) in [5.74, 6) is -2.04. The average Bonchev–Trinajstić information content (AvgIpc) is 2.91. The predicted molar refractivity (Wildman–Crippen MR) is 64.0 cm³/mol. The Hall–Kier alpha value is -2.10. The second-order valence-electron chi connectivity index (χ2n) is 4.49. The summed E-state index contributed by atoms with van der Waals surface area (Å²) in [7, 11) is 0. The molecule has 8 nitrogen and oxygen atoms in total. The molecule has 1 unspecified atom stereocenters. The molecule has 1 fully saturated rings. The molecule has 2 heterocycles. The number of rotatable bonds is 4. The van der Waals surface area contributed by atoms with Gasteiger partial charge in [0.1, 0.15) is 11.7 Å². The van der Waals surface area contributed by atoms with Gasteiger partial charge >= 0.3 is 5.97 Å². The maximum Gasteiger partial charge on any atom is 0.358 e. The number of hydrogen-bond acceptors (Lipinski definition) is 5. The van der Waals surface area contributed by atoms with Crippen molar-refractivity contribution in [2.45, 2.75) is 19.4 Å². The molecule has 1 amide bonds. The summed E-state index contributed by atoms with van der Waals surface area (Å²) in [5, 5.41) is 15.5. The molecular weight excluding hydrogens is 290 g/mol. The first kappa shape index (κ1) is 15.3. The van der Waals surface area contributed by atoms with Crippen molar-refractivity contribution >= 4 is 11.9 Å². The Morgan fingerprint density at radius 2 is 1.95 bits per heavy atom. The van der Waals surface area contributed by atoms with Crippen LogP contribution in [0.4, 0.5) is 8.78 Å². The third-order valence-electron chi connectivity index (χ3n) is 3.19. The number of aromatic nitrogens is 3. The summed E-state index contributed by atoms with van der Waals surface area (Å²) < 4.78 is 31.9. The van der Waals surface area contributed by atoms with Crippen LogP contribution in [-0.4, -0.2) is 63.2 Å². The lowest BCUT2D eigenvalue weighted by atomic mass is 10.2. The molecule has 0 aliphatic carbocycles. The highest BCUT2D eigenvalue weighted by Crippen LogP contribution is 2.25. The van der Waals surface area contributed by atoms with Crippen LogP contribution in [0.15, 0.2) is 0 Å². The highest BCUT2D eigenvalue weighted by atomic mass is 19.3. The van der Waals surface area contributed by atoms with Gasteiger partial charge in [0.05, 0.1) is 13.2 Å². The third-order valence-corrected chi connectivity index (χ3v) is 3.19. The zero-order chi connectivity index (χ0) is 15.6. The maximum atomic E-state index is 13.0. The molecule has 1 atom stereocenters. The Morgan fingerprint density at radius 1 is 1.33 bits per heavy atom. The summed E-state index contributed by atoms with van der Waals surface area (Å²) in [6, 6.07) is -1.06. The highest BCUT2D eigenvalue weighted by Gasteiger charge is 2.32. The number of ether oxygens (including phenoxy) is 1. The van der Waals surface area contributed by atoms with E-state index in [0.29, 0.717) is 31.0 Å². The van der Waals surface area contributed by atoms with Gasteiger partial charge in [-0.2, -0.15) is 0 Å². The molecule has 0 radical (unpaired) electrons. The van der Waals surface area contributed by atoms with Crippen LogP contribution in [0.25, 0.3) is 0 Å². The van der Waals surface area contributed by atoms with Crippen LogP contribution in [0.2, 0.25) is 0 Å². The molecule has 10 heteroatoms. The quantitative estimate of drug-likeness (QED) is 0.861. The number of hydrogen-bond donors (Lipinski definition) is 1. The fraction of sp³-hybridized carbons (Fsp3) is 0.636. The number of carbonyl (C=O) groups is 2. The van der Waals surface area contributed by atoms with Gasteiger partial charge in [0.15, 0.2) is 5.69 Å². The van der Waals surface area contributed by atoms with Crippen molar-refractivity contribution in [2.75, 3.05) is 26.3 Å². The predicted octanol–water partition coefficient (Wildman–Crippen LogP) is 0.334. The molecule has 1 saturated heterocycles. The lowest BCUT2D eigenvalue weighted by Gasteiger charge is -2.29. The van der Waals surface area contributed by atoms with Crippen LogP contribution in [0.1, 0.15) is 35.6 Å². The number of amides is 1. The van der Waals surface area contributed by atoms with E-state index in [1.54, 1.807) is 0 Å². The van der Waals surface area contributed by atoms with Crippen molar-refractivity contribution < 1.29 is 28.2 Å². The van der Waals surface area contributed by atoms with Gasteiger partial charge in [0.2, 0.25) is 5.91 Å². The van der Waals surface area contributed by atoms with Gasteiger partial charge in [-0.25, -0.2) is 18.3 Å². The number of carbonyl (C=O) groups excluding carboxylic acids is 1. The zero-order valence-corrected chi connectivity index (χ0v) is 11.2. The smallest absolute Gasteiger partial charge is 0.358 e. The first-order chi connectivity index (χ1) is 9.93. The molecule has 0 aromatic carbocycles. The maximum absolute atomic E-state index is 13.0. The molecule has 116 valence electrons.